The molecule has 2 unspecified atom stereocenters. The third-order valence-electron chi connectivity index (χ3n) is 3.20. The topological polar surface area (TPSA) is 23.5 Å². The SMILES string of the molecule is CC(C)C(CS)CN1CCC(C)(O)C1. The van der Waals surface area contributed by atoms with Crippen molar-refractivity contribution in [3.63, 3.8) is 0 Å². The lowest BCUT2D eigenvalue weighted by Crippen LogP contribution is -2.34. The highest BCUT2D eigenvalue weighted by atomic mass is 32.1. The largest absolute Gasteiger partial charge is 0.389 e. The van der Waals surface area contributed by atoms with E-state index in [0.29, 0.717) is 11.8 Å². The fraction of sp³-hybridized carbons (Fsp3) is 1.00. The van der Waals surface area contributed by atoms with Gasteiger partial charge in [0.05, 0.1) is 5.60 Å². The van der Waals surface area contributed by atoms with E-state index in [-0.39, 0.29) is 0 Å². The van der Waals surface area contributed by atoms with E-state index < -0.39 is 5.60 Å². The summed E-state index contributed by atoms with van der Waals surface area (Å²) in [5, 5.41) is 9.83. The number of rotatable bonds is 4. The van der Waals surface area contributed by atoms with Gasteiger partial charge in [0, 0.05) is 19.6 Å². The predicted octanol–water partition coefficient (Wildman–Crippen LogP) is 1.65. The van der Waals surface area contributed by atoms with Crippen molar-refractivity contribution in [2.45, 2.75) is 32.8 Å². The van der Waals surface area contributed by atoms with Gasteiger partial charge in [0.25, 0.3) is 0 Å². The summed E-state index contributed by atoms with van der Waals surface area (Å²) in [5.74, 6) is 2.27. The first-order valence-electron chi connectivity index (χ1n) is 5.50. The van der Waals surface area contributed by atoms with Crippen LogP contribution in [0.15, 0.2) is 0 Å². The highest BCUT2D eigenvalue weighted by molar-refractivity contribution is 7.80. The highest BCUT2D eigenvalue weighted by Crippen LogP contribution is 2.23. The maximum atomic E-state index is 9.83. The Bertz CT molecular complexity index is 182. The maximum absolute atomic E-state index is 9.83. The van der Waals surface area contributed by atoms with Crippen LogP contribution in [0.2, 0.25) is 0 Å². The number of nitrogens with zero attached hydrogens (tertiary/aromatic N) is 1. The molecule has 14 heavy (non-hydrogen) atoms. The van der Waals surface area contributed by atoms with Gasteiger partial charge in [-0.3, -0.25) is 0 Å². The Morgan fingerprint density at radius 1 is 1.50 bits per heavy atom. The number of likely N-dealkylation sites (tertiary alicyclic amines) is 1. The van der Waals surface area contributed by atoms with E-state index in [1.54, 1.807) is 0 Å². The second kappa shape index (κ2) is 4.86. The van der Waals surface area contributed by atoms with Crippen molar-refractivity contribution in [3.8, 4) is 0 Å². The Morgan fingerprint density at radius 2 is 2.14 bits per heavy atom. The maximum Gasteiger partial charge on any atom is 0.0758 e. The van der Waals surface area contributed by atoms with E-state index >= 15 is 0 Å². The summed E-state index contributed by atoms with van der Waals surface area (Å²) >= 11 is 4.38. The van der Waals surface area contributed by atoms with Crippen molar-refractivity contribution in [2.75, 3.05) is 25.4 Å². The predicted molar refractivity (Wildman–Crippen MR) is 63.9 cm³/mol. The van der Waals surface area contributed by atoms with Crippen LogP contribution in [0.5, 0.6) is 0 Å². The highest BCUT2D eigenvalue weighted by Gasteiger charge is 2.32. The van der Waals surface area contributed by atoms with Gasteiger partial charge in [-0.2, -0.15) is 12.6 Å². The first-order valence-corrected chi connectivity index (χ1v) is 6.13. The minimum absolute atomic E-state index is 0.460. The third-order valence-corrected chi connectivity index (χ3v) is 3.67. The lowest BCUT2D eigenvalue weighted by molar-refractivity contribution is 0.0660. The van der Waals surface area contributed by atoms with E-state index in [2.05, 4.69) is 31.4 Å². The number of hydrogen-bond acceptors (Lipinski definition) is 3. The molecule has 0 saturated carbocycles. The van der Waals surface area contributed by atoms with Crippen LogP contribution in [-0.2, 0) is 0 Å². The van der Waals surface area contributed by atoms with E-state index in [1.165, 1.54) is 0 Å². The molecule has 1 fully saturated rings. The van der Waals surface area contributed by atoms with Gasteiger partial charge in [0.15, 0.2) is 0 Å². The molecule has 0 radical (unpaired) electrons. The Hall–Kier alpha value is 0.270. The minimum Gasteiger partial charge on any atom is -0.389 e. The molecule has 1 saturated heterocycles. The molecule has 1 aliphatic rings. The normalized spacial score (nSPS) is 31.3. The molecule has 0 bridgehead atoms. The van der Waals surface area contributed by atoms with Crippen LogP contribution in [-0.4, -0.2) is 41.0 Å². The molecule has 2 atom stereocenters. The number of β-amino-alcohol motifs (C(OH)–C–C–N with tert-alkyl or cyclic N) is 1. The monoisotopic (exact) mass is 217 g/mol. The van der Waals surface area contributed by atoms with Gasteiger partial charge in [-0.1, -0.05) is 13.8 Å². The fourth-order valence-electron chi connectivity index (χ4n) is 2.01. The van der Waals surface area contributed by atoms with Gasteiger partial charge in [-0.25, -0.2) is 0 Å². The van der Waals surface area contributed by atoms with Crippen molar-refractivity contribution in [1.82, 2.24) is 4.90 Å². The Labute approximate surface area is 93.1 Å². The van der Waals surface area contributed by atoms with Gasteiger partial charge >= 0.3 is 0 Å². The van der Waals surface area contributed by atoms with Crippen LogP contribution in [0.3, 0.4) is 0 Å². The van der Waals surface area contributed by atoms with Crippen molar-refractivity contribution in [3.05, 3.63) is 0 Å². The molecule has 3 heteroatoms. The van der Waals surface area contributed by atoms with E-state index in [0.717, 1.165) is 31.8 Å². The van der Waals surface area contributed by atoms with Gasteiger partial charge in [0.2, 0.25) is 0 Å². The molecule has 0 aromatic heterocycles. The van der Waals surface area contributed by atoms with Crippen LogP contribution >= 0.6 is 12.6 Å². The standard InChI is InChI=1S/C11H23NOS/c1-9(2)10(7-14)6-12-5-4-11(3,13)8-12/h9-10,13-14H,4-8H2,1-3H3. The average molecular weight is 217 g/mol. The first-order chi connectivity index (χ1) is 6.44. The Morgan fingerprint density at radius 3 is 2.50 bits per heavy atom. The zero-order valence-electron chi connectivity index (χ0n) is 9.53. The third kappa shape index (κ3) is 3.44. The van der Waals surface area contributed by atoms with Gasteiger partial charge < -0.3 is 10.0 Å². The van der Waals surface area contributed by atoms with Crippen LogP contribution in [0.1, 0.15) is 27.2 Å². The summed E-state index contributed by atoms with van der Waals surface area (Å²) in [6.07, 6.45) is 0.907. The summed E-state index contributed by atoms with van der Waals surface area (Å²) in [5.41, 5.74) is -0.460. The lowest BCUT2D eigenvalue weighted by Gasteiger charge is -2.26. The van der Waals surface area contributed by atoms with Gasteiger partial charge in [-0.05, 0) is 30.9 Å². The van der Waals surface area contributed by atoms with E-state index in [1.807, 2.05) is 6.92 Å². The fourth-order valence-corrected chi connectivity index (χ4v) is 2.54. The van der Waals surface area contributed by atoms with Crippen LogP contribution < -0.4 is 0 Å². The molecule has 1 heterocycles. The Balaban J connectivity index is 2.38. The van der Waals surface area contributed by atoms with Crippen molar-refractivity contribution < 1.29 is 5.11 Å². The van der Waals surface area contributed by atoms with Crippen molar-refractivity contribution in [1.29, 1.82) is 0 Å². The summed E-state index contributed by atoms with van der Waals surface area (Å²) in [6, 6.07) is 0. The zero-order chi connectivity index (χ0) is 10.8. The molecule has 0 amide bonds. The van der Waals surface area contributed by atoms with Gasteiger partial charge in [-0.15, -0.1) is 0 Å². The average Bonchev–Trinajstić information content (AvgIpc) is 2.41. The molecule has 1 rings (SSSR count). The van der Waals surface area contributed by atoms with Crippen LogP contribution in [0, 0.1) is 11.8 Å². The zero-order valence-corrected chi connectivity index (χ0v) is 10.4. The molecule has 0 aromatic carbocycles. The summed E-state index contributed by atoms with van der Waals surface area (Å²) in [4.78, 5) is 2.36. The van der Waals surface area contributed by atoms with Crippen LogP contribution in [0.25, 0.3) is 0 Å². The summed E-state index contributed by atoms with van der Waals surface area (Å²) < 4.78 is 0. The molecule has 84 valence electrons. The molecule has 0 aromatic rings. The van der Waals surface area contributed by atoms with E-state index in [9.17, 15) is 5.11 Å². The van der Waals surface area contributed by atoms with Crippen molar-refractivity contribution >= 4 is 12.6 Å². The molecule has 2 nitrogen and oxygen atoms in total. The molecule has 1 N–H and O–H groups in total. The summed E-state index contributed by atoms with van der Waals surface area (Å²) in [6.45, 7) is 9.35. The Kier molecular flexibility index (Phi) is 4.29. The number of hydrogen-bond donors (Lipinski definition) is 2. The van der Waals surface area contributed by atoms with Crippen LogP contribution in [0.4, 0.5) is 0 Å². The van der Waals surface area contributed by atoms with Crippen molar-refractivity contribution in [2.24, 2.45) is 11.8 Å². The number of aliphatic hydroxyl groups is 1. The number of thiol groups is 1. The molecule has 0 spiro atoms. The lowest BCUT2D eigenvalue weighted by atomic mass is 9.97. The second-order valence-electron chi connectivity index (χ2n) is 5.17. The summed E-state index contributed by atoms with van der Waals surface area (Å²) in [7, 11) is 0. The molecule has 1 aliphatic heterocycles. The first kappa shape index (κ1) is 12.3. The molecular weight excluding hydrogens is 194 g/mol. The quantitative estimate of drug-likeness (QED) is 0.700. The molecular formula is C11H23NOS. The van der Waals surface area contributed by atoms with Gasteiger partial charge in [0.1, 0.15) is 0 Å². The molecule has 0 aliphatic carbocycles. The van der Waals surface area contributed by atoms with E-state index in [4.69, 9.17) is 0 Å². The smallest absolute Gasteiger partial charge is 0.0758 e. The second-order valence-corrected chi connectivity index (χ2v) is 5.53. The minimum atomic E-state index is -0.460.